The maximum absolute atomic E-state index is 13.2. The van der Waals surface area contributed by atoms with Gasteiger partial charge in [0, 0.05) is 12.7 Å². The molecule has 0 amide bonds. The van der Waals surface area contributed by atoms with Crippen molar-refractivity contribution < 1.29 is 14.3 Å². The fourth-order valence-electron chi connectivity index (χ4n) is 1.58. The van der Waals surface area contributed by atoms with Gasteiger partial charge >= 0.3 is 5.97 Å². The second kappa shape index (κ2) is 4.59. The van der Waals surface area contributed by atoms with Crippen molar-refractivity contribution in [1.29, 1.82) is 0 Å². The van der Waals surface area contributed by atoms with Gasteiger partial charge in [-0.25, -0.2) is 9.18 Å². The van der Waals surface area contributed by atoms with Crippen molar-refractivity contribution in [2.24, 2.45) is 0 Å². The third-order valence-corrected chi connectivity index (χ3v) is 2.69. The molecule has 0 aliphatic rings. The van der Waals surface area contributed by atoms with Crippen LogP contribution in [0, 0.1) is 5.82 Å². The summed E-state index contributed by atoms with van der Waals surface area (Å²) in [6.45, 7) is 0.294. The number of hydrogen-bond donors (Lipinski definition) is 1. The SMILES string of the molecule is O=C(O)c1cccn1Cc1ccc(Cl)c(F)c1. The maximum Gasteiger partial charge on any atom is 0.352 e. The van der Waals surface area contributed by atoms with E-state index in [1.807, 2.05) is 0 Å². The summed E-state index contributed by atoms with van der Waals surface area (Å²) in [4.78, 5) is 10.9. The van der Waals surface area contributed by atoms with E-state index in [1.54, 1.807) is 18.3 Å². The highest BCUT2D eigenvalue weighted by Gasteiger charge is 2.09. The Labute approximate surface area is 102 Å². The fraction of sp³-hybridized carbons (Fsp3) is 0.0833. The lowest BCUT2D eigenvalue weighted by atomic mass is 10.2. The molecule has 0 saturated carbocycles. The molecule has 0 radical (unpaired) electrons. The Bertz CT molecular complexity index is 565. The second-order valence-corrected chi connectivity index (χ2v) is 3.98. The molecule has 0 aliphatic heterocycles. The first kappa shape index (κ1) is 11.7. The predicted octanol–water partition coefficient (Wildman–Crippen LogP) is 3.03. The average molecular weight is 254 g/mol. The first-order valence-corrected chi connectivity index (χ1v) is 5.28. The van der Waals surface area contributed by atoms with Gasteiger partial charge in [-0.2, -0.15) is 0 Å². The van der Waals surface area contributed by atoms with E-state index in [9.17, 15) is 9.18 Å². The normalized spacial score (nSPS) is 10.5. The summed E-state index contributed by atoms with van der Waals surface area (Å²) in [6.07, 6.45) is 1.63. The molecule has 3 nitrogen and oxygen atoms in total. The number of halogens is 2. The van der Waals surface area contributed by atoms with Gasteiger partial charge < -0.3 is 9.67 Å². The zero-order valence-electron chi connectivity index (χ0n) is 8.73. The molecule has 0 fully saturated rings. The first-order chi connectivity index (χ1) is 8.08. The van der Waals surface area contributed by atoms with E-state index >= 15 is 0 Å². The van der Waals surface area contributed by atoms with Crippen LogP contribution in [-0.2, 0) is 6.54 Å². The number of rotatable bonds is 3. The van der Waals surface area contributed by atoms with Crippen molar-refractivity contribution in [3.8, 4) is 0 Å². The van der Waals surface area contributed by atoms with Gasteiger partial charge in [-0.15, -0.1) is 0 Å². The molecule has 0 spiro atoms. The summed E-state index contributed by atoms with van der Waals surface area (Å²) < 4.78 is 14.7. The summed E-state index contributed by atoms with van der Waals surface area (Å²) in [5, 5.41) is 8.97. The Morgan fingerprint density at radius 3 is 2.82 bits per heavy atom. The Kier molecular flexibility index (Phi) is 3.15. The van der Waals surface area contributed by atoms with E-state index in [1.165, 1.54) is 22.8 Å². The fourth-order valence-corrected chi connectivity index (χ4v) is 1.70. The molecule has 88 valence electrons. The monoisotopic (exact) mass is 253 g/mol. The molecule has 1 heterocycles. The van der Waals surface area contributed by atoms with Gasteiger partial charge in [0.1, 0.15) is 11.5 Å². The lowest BCUT2D eigenvalue weighted by molar-refractivity contribution is 0.0685. The highest BCUT2D eigenvalue weighted by molar-refractivity contribution is 6.30. The Hall–Kier alpha value is -1.81. The predicted molar refractivity (Wildman–Crippen MR) is 61.9 cm³/mol. The van der Waals surface area contributed by atoms with Crippen LogP contribution in [0.15, 0.2) is 36.5 Å². The third kappa shape index (κ3) is 2.47. The minimum atomic E-state index is -1.01. The van der Waals surface area contributed by atoms with Crippen LogP contribution in [0.1, 0.15) is 16.1 Å². The van der Waals surface area contributed by atoms with Gasteiger partial charge in [0.15, 0.2) is 0 Å². The molecule has 1 aromatic carbocycles. The molecule has 0 bridgehead atoms. The molecule has 1 N–H and O–H groups in total. The summed E-state index contributed by atoms with van der Waals surface area (Å²) in [5.41, 5.74) is 0.825. The zero-order valence-corrected chi connectivity index (χ0v) is 9.49. The van der Waals surface area contributed by atoms with Gasteiger partial charge in [-0.1, -0.05) is 17.7 Å². The van der Waals surface area contributed by atoms with Gasteiger partial charge in [-0.3, -0.25) is 0 Å². The average Bonchev–Trinajstić information content (AvgIpc) is 2.72. The number of nitrogens with zero attached hydrogens (tertiary/aromatic N) is 1. The lowest BCUT2D eigenvalue weighted by Gasteiger charge is -2.07. The van der Waals surface area contributed by atoms with Crippen molar-refractivity contribution in [2.45, 2.75) is 6.54 Å². The van der Waals surface area contributed by atoms with Crippen molar-refractivity contribution in [1.82, 2.24) is 4.57 Å². The molecule has 1 aromatic heterocycles. The first-order valence-electron chi connectivity index (χ1n) is 4.90. The van der Waals surface area contributed by atoms with E-state index in [-0.39, 0.29) is 10.7 Å². The van der Waals surface area contributed by atoms with E-state index < -0.39 is 11.8 Å². The van der Waals surface area contributed by atoms with Gasteiger partial charge in [-0.05, 0) is 29.8 Å². The van der Waals surface area contributed by atoms with Gasteiger partial charge in [0.2, 0.25) is 0 Å². The van der Waals surface area contributed by atoms with E-state index in [0.717, 1.165) is 0 Å². The molecule has 0 aliphatic carbocycles. The van der Waals surface area contributed by atoms with Crippen LogP contribution in [0.5, 0.6) is 0 Å². The lowest BCUT2D eigenvalue weighted by Crippen LogP contribution is -2.08. The Balaban J connectivity index is 2.28. The summed E-state index contributed by atoms with van der Waals surface area (Å²) >= 11 is 5.57. The molecule has 17 heavy (non-hydrogen) atoms. The number of carboxylic acid groups (broad SMARTS) is 1. The topological polar surface area (TPSA) is 42.2 Å². The van der Waals surface area contributed by atoms with E-state index in [4.69, 9.17) is 16.7 Å². The minimum Gasteiger partial charge on any atom is -0.477 e. The smallest absolute Gasteiger partial charge is 0.352 e. The quantitative estimate of drug-likeness (QED) is 0.914. The van der Waals surface area contributed by atoms with Gasteiger partial charge in [0.25, 0.3) is 0 Å². The second-order valence-electron chi connectivity index (χ2n) is 3.57. The van der Waals surface area contributed by atoms with Crippen LogP contribution in [0.4, 0.5) is 4.39 Å². The van der Waals surface area contributed by atoms with Crippen LogP contribution >= 0.6 is 11.6 Å². The van der Waals surface area contributed by atoms with Crippen LogP contribution in [0.2, 0.25) is 5.02 Å². The van der Waals surface area contributed by atoms with Crippen LogP contribution < -0.4 is 0 Å². The number of hydrogen-bond acceptors (Lipinski definition) is 1. The molecule has 0 atom stereocenters. The Morgan fingerprint density at radius 1 is 1.41 bits per heavy atom. The van der Waals surface area contributed by atoms with Crippen molar-refractivity contribution in [2.75, 3.05) is 0 Å². The highest BCUT2D eigenvalue weighted by Crippen LogP contribution is 2.17. The molecular weight excluding hydrogens is 245 g/mol. The van der Waals surface area contributed by atoms with Crippen molar-refractivity contribution >= 4 is 17.6 Å². The van der Waals surface area contributed by atoms with E-state index in [2.05, 4.69) is 0 Å². The van der Waals surface area contributed by atoms with Crippen molar-refractivity contribution in [3.05, 3.63) is 58.6 Å². The standard InChI is InChI=1S/C12H9ClFNO2/c13-9-4-3-8(6-10(9)14)7-15-5-1-2-11(15)12(16)17/h1-6H,7H2,(H,16,17). The van der Waals surface area contributed by atoms with Crippen LogP contribution in [0.3, 0.4) is 0 Å². The van der Waals surface area contributed by atoms with E-state index in [0.29, 0.717) is 12.1 Å². The third-order valence-electron chi connectivity index (χ3n) is 2.39. The summed E-state index contributed by atoms with van der Waals surface area (Å²) in [7, 11) is 0. The largest absolute Gasteiger partial charge is 0.477 e. The van der Waals surface area contributed by atoms with Crippen LogP contribution in [-0.4, -0.2) is 15.6 Å². The number of carbonyl (C=O) groups is 1. The van der Waals surface area contributed by atoms with Crippen molar-refractivity contribution in [3.63, 3.8) is 0 Å². The highest BCUT2D eigenvalue weighted by atomic mass is 35.5. The molecule has 0 saturated heterocycles. The minimum absolute atomic E-state index is 0.0553. The summed E-state index contributed by atoms with van der Waals surface area (Å²) in [6, 6.07) is 7.55. The number of aromatic nitrogens is 1. The Morgan fingerprint density at radius 2 is 2.18 bits per heavy atom. The molecule has 2 rings (SSSR count). The summed E-state index contributed by atoms with van der Waals surface area (Å²) in [5.74, 6) is -1.52. The number of benzene rings is 1. The molecule has 2 aromatic rings. The number of aromatic carboxylic acids is 1. The zero-order chi connectivity index (χ0) is 12.4. The van der Waals surface area contributed by atoms with Crippen LogP contribution in [0.25, 0.3) is 0 Å². The van der Waals surface area contributed by atoms with Gasteiger partial charge in [0.05, 0.1) is 5.02 Å². The molecular formula is C12H9ClFNO2. The molecule has 0 unspecified atom stereocenters. The maximum atomic E-state index is 13.2. The number of carboxylic acids is 1. The molecule has 5 heteroatoms.